The molecule has 0 aromatic heterocycles. The Morgan fingerprint density at radius 1 is 0.966 bits per heavy atom. The second-order valence-corrected chi connectivity index (χ2v) is 7.93. The standard InChI is InChI=1S/C19H19N3O6S/c1-28-13-6-8-14(9-7-13)29(26,27)21-11-10-20-17(23)12-22-18(24)15-4-2-3-5-16(15)19(22)25/h2-9,21H,10-12H2,1H3,(H,20,23). The van der Waals surface area contributed by atoms with Crippen molar-refractivity contribution < 1.29 is 27.5 Å². The molecule has 3 rings (SSSR count). The van der Waals surface area contributed by atoms with Crippen molar-refractivity contribution in [1.82, 2.24) is 14.9 Å². The minimum absolute atomic E-state index is 0.00259. The smallest absolute Gasteiger partial charge is 0.262 e. The second kappa shape index (κ2) is 8.41. The van der Waals surface area contributed by atoms with Crippen molar-refractivity contribution in [2.75, 3.05) is 26.7 Å². The van der Waals surface area contributed by atoms with Gasteiger partial charge in [0.15, 0.2) is 0 Å². The van der Waals surface area contributed by atoms with Gasteiger partial charge in [0.25, 0.3) is 11.8 Å². The molecule has 9 nitrogen and oxygen atoms in total. The molecule has 152 valence electrons. The van der Waals surface area contributed by atoms with Crippen molar-refractivity contribution in [2.24, 2.45) is 0 Å². The summed E-state index contributed by atoms with van der Waals surface area (Å²) in [5.74, 6) is -1.09. The van der Waals surface area contributed by atoms with Gasteiger partial charge < -0.3 is 10.1 Å². The van der Waals surface area contributed by atoms with Gasteiger partial charge in [-0.1, -0.05) is 12.1 Å². The maximum atomic E-state index is 12.2. The zero-order valence-electron chi connectivity index (χ0n) is 15.5. The summed E-state index contributed by atoms with van der Waals surface area (Å²) in [6.45, 7) is -0.489. The lowest BCUT2D eigenvalue weighted by molar-refractivity contribution is -0.121. The summed E-state index contributed by atoms with van der Waals surface area (Å²) in [6, 6.07) is 12.2. The van der Waals surface area contributed by atoms with Gasteiger partial charge in [0.2, 0.25) is 15.9 Å². The number of rotatable bonds is 8. The van der Waals surface area contributed by atoms with Crippen LogP contribution in [0.2, 0.25) is 0 Å². The average Bonchev–Trinajstić information content (AvgIpc) is 2.96. The molecule has 1 aliphatic rings. The Bertz CT molecular complexity index is 1010. The van der Waals surface area contributed by atoms with E-state index in [4.69, 9.17) is 4.74 Å². The number of sulfonamides is 1. The third kappa shape index (κ3) is 4.44. The fourth-order valence-corrected chi connectivity index (χ4v) is 3.84. The number of carbonyl (C=O) groups excluding carboxylic acids is 3. The SMILES string of the molecule is COc1ccc(S(=O)(=O)NCCNC(=O)CN2C(=O)c3ccccc3C2=O)cc1. The van der Waals surface area contributed by atoms with Crippen molar-refractivity contribution in [1.29, 1.82) is 0 Å². The van der Waals surface area contributed by atoms with Crippen LogP contribution in [0.4, 0.5) is 0 Å². The van der Waals surface area contributed by atoms with E-state index in [0.717, 1.165) is 4.90 Å². The van der Waals surface area contributed by atoms with Gasteiger partial charge >= 0.3 is 0 Å². The van der Waals surface area contributed by atoms with Gasteiger partial charge in [0, 0.05) is 13.1 Å². The van der Waals surface area contributed by atoms with Crippen molar-refractivity contribution in [3.05, 3.63) is 59.7 Å². The molecule has 0 spiro atoms. The molecule has 0 bridgehead atoms. The maximum Gasteiger partial charge on any atom is 0.262 e. The zero-order chi connectivity index (χ0) is 21.0. The molecule has 29 heavy (non-hydrogen) atoms. The van der Waals surface area contributed by atoms with Gasteiger partial charge in [-0.2, -0.15) is 0 Å². The number of methoxy groups -OCH3 is 1. The Labute approximate surface area is 167 Å². The predicted octanol–water partition coefficient (Wildman–Crippen LogP) is 0.386. The fourth-order valence-electron chi connectivity index (χ4n) is 2.81. The predicted molar refractivity (Wildman–Crippen MR) is 103 cm³/mol. The normalized spacial score (nSPS) is 13.3. The molecule has 0 saturated carbocycles. The molecule has 2 aromatic carbocycles. The molecule has 0 unspecified atom stereocenters. The van der Waals surface area contributed by atoms with Gasteiger partial charge in [-0.15, -0.1) is 0 Å². The van der Waals surface area contributed by atoms with Crippen molar-refractivity contribution in [3.63, 3.8) is 0 Å². The first kappa shape index (κ1) is 20.5. The van der Waals surface area contributed by atoms with Gasteiger partial charge in [-0.25, -0.2) is 13.1 Å². The molecule has 1 aliphatic heterocycles. The van der Waals surface area contributed by atoms with Crippen molar-refractivity contribution >= 4 is 27.7 Å². The number of nitrogens with zero attached hydrogens (tertiary/aromatic N) is 1. The van der Waals surface area contributed by atoms with E-state index in [0.29, 0.717) is 5.75 Å². The van der Waals surface area contributed by atoms with Crippen LogP contribution in [0.3, 0.4) is 0 Å². The van der Waals surface area contributed by atoms with E-state index in [1.54, 1.807) is 12.1 Å². The highest BCUT2D eigenvalue weighted by Crippen LogP contribution is 2.21. The van der Waals surface area contributed by atoms with Crippen LogP contribution in [0, 0.1) is 0 Å². The Morgan fingerprint density at radius 3 is 2.10 bits per heavy atom. The van der Waals surface area contributed by atoms with E-state index in [-0.39, 0.29) is 29.1 Å². The van der Waals surface area contributed by atoms with Crippen LogP contribution in [0.1, 0.15) is 20.7 Å². The molecule has 2 aromatic rings. The Morgan fingerprint density at radius 2 is 1.55 bits per heavy atom. The minimum Gasteiger partial charge on any atom is -0.497 e. The van der Waals surface area contributed by atoms with E-state index in [9.17, 15) is 22.8 Å². The van der Waals surface area contributed by atoms with Crippen LogP contribution < -0.4 is 14.8 Å². The Hall–Kier alpha value is -3.24. The number of carbonyl (C=O) groups is 3. The minimum atomic E-state index is -3.73. The van der Waals surface area contributed by atoms with Crippen molar-refractivity contribution in [3.8, 4) is 5.75 Å². The molecule has 10 heteroatoms. The fraction of sp³-hybridized carbons (Fsp3) is 0.211. The van der Waals surface area contributed by atoms with E-state index in [2.05, 4.69) is 10.0 Å². The summed E-state index contributed by atoms with van der Waals surface area (Å²) < 4.78 is 31.8. The number of fused-ring (bicyclic) bond motifs is 1. The molecule has 0 atom stereocenters. The first-order valence-electron chi connectivity index (χ1n) is 8.69. The number of amides is 3. The highest BCUT2D eigenvalue weighted by molar-refractivity contribution is 7.89. The molecular weight excluding hydrogens is 398 g/mol. The Kier molecular flexibility index (Phi) is 5.95. The summed E-state index contributed by atoms with van der Waals surface area (Å²) in [6.07, 6.45) is 0. The molecule has 0 saturated heterocycles. The molecule has 0 fully saturated rings. The van der Waals surface area contributed by atoms with E-state index >= 15 is 0 Å². The summed E-state index contributed by atoms with van der Waals surface area (Å²) in [5.41, 5.74) is 0.523. The first-order valence-corrected chi connectivity index (χ1v) is 10.2. The van der Waals surface area contributed by atoms with Crippen LogP contribution in [0.25, 0.3) is 0 Å². The largest absolute Gasteiger partial charge is 0.497 e. The molecule has 0 aliphatic carbocycles. The number of imide groups is 1. The summed E-state index contributed by atoms with van der Waals surface area (Å²) in [5, 5.41) is 2.49. The molecule has 1 heterocycles. The number of hydrogen-bond donors (Lipinski definition) is 2. The summed E-state index contributed by atoms with van der Waals surface area (Å²) in [7, 11) is -2.26. The van der Waals surface area contributed by atoms with Crippen LogP contribution in [-0.2, 0) is 14.8 Å². The number of ether oxygens (including phenoxy) is 1. The van der Waals surface area contributed by atoms with Crippen LogP contribution >= 0.6 is 0 Å². The van der Waals surface area contributed by atoms with E-state index < -0.39 is 34.3 Å². The van der Waals surface area contributed by atoms with Gasteiger partial charge in [0.1, 0.15) is 12.3 Å². The third-order valence-electron chi connectivity index (χ3n) is 4.29. The average molecular weight is 417 g/mol. The molecular formula is C19H19N3O6S. The summed E-state index contributed by atoms with van der Waals surface area (Å²) >= 11 is 0. The maximum absolute atomic E-state index is 12.2. The van der Waals surface area contributed by atoms with Gasteiger partial charge in [0.05, 0.1) is 23.1 Å². The van der Waals surface area contributed by atoms with Crippen LogP contribution in [-0.4, -0.2) is 57.8 Å². The summed E-state index contributed by atoms with van der Waals surface area (Å²) in [4.78, 5) is 37.4. The van der Waals surface area contributed by atoms with Crippen LogP contribution in [0.5, 0.6) is 5.75 Å². The molecule has 3 amide bonds. The Balaban J connectivity index is 1.48. The van der Waals surface area contributed by atoms with Crippen LogP contribution in [0.15, 0.2) is 53.4 Å². The third-order valence-corrected chi connectivity index (χ3v) is 5.77. The molecule has 2 N–H and O–H groups in total. The number of hydrogen-bond acceptors (Lipinski definition) is 6. The second-order valence-electron chi connectivity index (χ2n) is 6.17. The lowest BCUT2D eigenvalue weighted by Crippen LogP contribution is -2.42. The highest BCUT2D eigenvalue weighted by atomic mass is 32.2. The first-order chi connectivity index (χ1) is 13.8. The monoisotopic (exact) mass is 417 g/mol. The quantitative estimate of drug-likeness (QED) is 0.473. The lowest BCUT2D eigenvalue weighted by atomic mass is 10.1. The number of benzene rings is 2. The molecule has 0 radical (unpaired) electrons. The van der Waals surface area contributed by atoms with Crippen molar-refractivity contribution in [2.45, 2.75) is 4.90 Å². The number of nitrogens with one attached hydrogen (secondary N) is 2. The topological polar surface area (TPSA) is 122 Å². The zero-order valence-corrected chi connectivity index (χ0v) is 16.4. The lowest BCUT2D eigenvalue weighted by Gasteiger charge is -2.14. The van der Waals surface area contributed by atoms with E-state index in [1.165, 1.54) is 43.5 Å². The van der Waals surface area contributed by atoms with Gasteiger partial charge in [-0.3, -0.25) is 19.3 Å². The van der Waals surface area contributed by atoms with E-state index in [1.807, 2.05) is 0 Å². The highest BCUT2D eigenvalue weighted by Gasteiger charge is 2.36. The van der Waals surface area contributed by atoms with Gasteiger partial charge in [-0.05, 0) is 36.4 Å².